The van der Waals surface area contributed by atoms with E-state index in [1.54, 1.807) is 0 Å². The number of nitrogens with zero attached hydrogens (tertiary/aromatic N) is 2. The Morgan fingerprint density at radius 2 is 1.29 bits per heavy atom. The van der Waals surface area contributed by atoms with E-state index in [1.165, 1.54) is 101 Å². The van der Waals surface area contributed by atoms with E-state index in [1.807, 2.05) is 12.4 Å². The molecule has 0 saturated heterocycles. The molecule has 1 aromatic heterocycles. The summed E-state index contributed by atoms with van der Waals surface area (Å²) in [6.07, 6.45) is 24.3. The summed E-state index contributed by atoms with van der Waals surface area (Å²) in [6, 6.07) is 8.97. The highest BCUT2D eigenvalue weighted by Crippen LogP contribution is 2.33. The molecule has 1 aromatic carbocycles. The third kappa shape index (κ3) is 8.39. The van der Waals surface area contributed by atoms with Crippen LogP contribution in [0.1, 0.15) is 108 Å². The van der Waals surface area contributed by atoms with Gasteiger partial charge in [0.15, 0.2) is 5.82 Å². The van der Waals surface area contributed by atoms with Crippen molar-refractivity contribution in [2.45, 2.75) is 110 Å². The van der Waals surface area contributed by atoms with Crippen LogP contribution in [-0.2, 0) is 12.8 Å². The quantitative estimate of drug-likeness (QED) is 0.303. The van der Waals surface area contributed by atoms with E-state index in [0.717, 1.165) is 29.6 Å². The standard InChI is InChI=1S/C29H44N2/c1-3-5-6-7-8-9-10-11-27-22-30-29(31-23-27)28-20-18-26(19-21-28)17-16-25-14-12-24(4-2)13-15-25/h18-25H,3-17H2,1-2H3/t24-,25-. The molecule has 2 aromatic rings. The molecule has 170 valence electrons. The minimum absolute atomic E-state index is 0.854. The zero-order valence-electron chi connectivity index (χ0n) is 20.1. The Morgan fingerprint density at radius 1 is 0.677 bits per heavy atom. The molecule has 0 aliphatic heterocycles. The fraction of sp³-hybridized carbons (Fsp3) is 0.655. The van der Waals surface area contributed by atoms with E-state index in [0.29, 0.717) is 0 Å². The first-order chi connectivity index (χ1) is 15.3. The van der Waals surface area contributed by atoms with Crippen molar-refractivity contribution in [3.05, 3.63) is 47.8 Å². The van der Waals surface area contributed by atoms with Crippen molar-refractivity contribution in [2.75, 3.05) is 0 Å². The number of unbranched alkanes of at least 4 members (excludes halogenated alkanes) is 6. The monoisotopic (exact) mass is 420 g/mol. The predicted molar refractivity (Wildman–Crippen MR) is 133 cm³/mol. The van der Waals surface area contributed by atoms with Crippen molar-refractivity contribution >= 4 is 0 Å². The van der Waals surface area contributed by atoms with Gasteiger partial charge in [-0.1, -0.05) is 109 Å². The molecule has 3 rings (SSSR count). The highest BCUT2D eigenvalue weighted by atomic mass is 14.9. The van der Waals surface area contributed by atoms with Crippen LogP contribution < -0.4 is 0 Å². The van der Waals surface area contributed by atoms with Crippen LogP contribution in [0, 0.1) is 11.8 Å². The number of aromatic nitrogens is 2. The molecule has 0 bridgehead atoms. The molecule has 0 N–H and O–H groups in total. The maximum absolute atomic E-state index is 4.64. The van der Waals surface area contributed by atoms with E-state index >= 15 is 0 Å². The zero-order valence-corrected chi connectivity index (χ0v) is 20.1. The molecule has 0 radical (unpaired) electrons. The van der Waals surface area contributed by atoms with Gasteiger partial charge in [0, 0.05) is 18.0 Å². The highest BCUT2D eigenvalue weighted by Gasteiger charge is 2.19. The summed E-state index contributed by atoms with van der Waals surface area (Å²) in [5, 5.41) is 0. The van der Waals surface area contributed by atoms with Crippen LogP contribution >= 0.6 is 0 Å². The molecule has 1 saturated carbocycles. The van der Waals surface area contributed by atoms with E-state index in [2.05, 4.69) is 48.1 Å². The summed E-state index contributed by atoms with van der Waals surface area (Å²) >= 11 is 0. The van der Waals surface area contributed by atoms with E-state index in [-0.39, 0.29) is 0 Å². The lowest BCUT2D eigenvalue weighted by Crippen LogP contribution is -2.14. The van der Waals surface area contributed by atoms with Gasteiger partial charge in [0.1, 0.15) is 0 Å². The summed E-state index contributed by atoms with van der Waals surface area (Å²) in [4.78, 5) is 9.28. The summed E-state index contributed by atoms with van der Waals surface area (Å²) in [5.74, 6) is 2.79. The van der Waals surface area contributed by atoms with Gasteiger partial charge in [-0.15, -0.1) is 0 Å². The molecular formula is C29H44N2. The van der Waals surface area contributed by atoms with Gasteiger partial charge in [-0.25, -0.2) is 9.97 Å². The van der Waals surface area contributed by atoms with Crippen molar-refractivity contribution in [3.63, 3.8) is 0 Å². The molecule has 31 heavy (non-hydrogen) atoms. The maximum Gasteiger partial charge on any atom is 0.159 e. The lowest BCUT2D eigenvalue weighted by molar-refractivity contribution is 0.259. The number of hydrogen-bond donors (Lipinski definition) is 0. The van der Waals surface area contributed by atoms with Crippen LogP contribution in [0.4, 0.5) is 0 Å². The van der Waals surface area contributed by atoms with Crippen molar-refractivity contribution < 1.29 is 0 Å². The van der Waals surface area contributed by atoms with Gasteiger partial charge in [0.2, 0.25) is 0 Å². The molecule has 1 heterocycles. The lowest BCUT2D eigenvalue weighted by atomic mass is 9.78. The topological polar surface area (TPSA) is 25.8 Å². The summed E-state index contributed by atoms with van der Waals surface area (Å²) < 4.78 is 0. The Morgan fingerprint density at radius 3 is 1.94 bits per heavy atom. The molecule has 0 amide bonds. The first-order valence-electron chi connectivity index (χ1n) is 13.2. The summed E-state index contributed by atoms with van der Waals surface area (Å²) in [7, 11) is 0. The van der Waals surface area contributed by atoms with E-state index < -0.39 is 0 Å². The SMILES string of the molecule is CCCCCCCCCc1cnc(-c2ccc(CC[C@H]3CC[C@H](CC)CC3)cc2)nc1. The Kier molecular flexibility index (Phi) is 10.6. The van der Waals surface area contributed by atoms with Crippen molar-refractivity contribution in [2.24, 2.45) is 11.8 Å². The second-order valence-corrected chi connectivity index (χ2v) is 9.82. The smallest absolute Gasteiger partial charge is 0.159 e. The Balaban J connectivity index is 1.38. The molecule has 0 spiro atoms. The van der Waals surface area contributed by atoms with Gasteiger partial charge in [-0.2, -0.15) is 0 Å². The largest absolute Gasteiger partial charge is 0.236 e. The summed E-state index contributed by atoms with van der Waals surface area (Å²) in [6.45, 7) is 4.62. The second-order valence-electron chi connectivity index (χ2n) is 9.82. The van der Waals surface area contributed by atoms with Gasteiger partial charge < -0.3 is 0 Å². The Labute approximate surface area is 191 Å². The molecule has 1 aliphatic rings. The zero-order chi connectivity index (χ0) is 21.7. The fourth-order valence-corrected chi connectivity index (χ4v) is 5.04. The van der Waals surface area contributed by atoms with Crippen molar-refractivity contribution in [1.82, 2.24) is 9.97 Å². The van der Waals surface area contributed by atoms with Gasteiger partial charge in [-0.3, -0.25) is 0 Å². The van der Waals surface area contributed by atoms with Crippen LogP contribution in [0.3, 0.4) is 0 Å². The van der Waals surface area contributed by atoms with Crippen LogP contribution in [0.15, 0.2) is 36.7 Å². The van der Waals surface area contributed by atoms with Crippen LogP contribution in [0.25, 0.3) is 11.4 Å². The van der Waals surface area contributed by atoms with Gasteiger partial charge in [0.05, 0.1) is 0 Å². The second kappa shape index (κ2) is 13.7. The van der Waals surface area contributed by atoms with E-state index in [4.69, 9.17) is 0 Å². The Hall–Kier alpha value is -1.70. The molecule has 2 heteroatoms. The number of benzene rings is 1. The average molecular weight is 421 g/mol. The van der Waals surface area contributed by atoms with Gasteiger partial charge in [-0.05, 0) is 48.6 Å². The van der Waals surface area contributed by atoms with Gasteiger partial charge >= 0.3 is 0 Å². The van der Waals surface area contributed by atoms with Crippen LogP contribution in [0.5, 0.6) is 0 Å². The molecule has 0 atom stereocenters. The average Bonchev–Trinajstić information content (AvgIpc) is 2.83. The third-order valence-corrected chi connectivity index (χ3v) is 7.37. The number of rotatable bonds is 13. The van der Waals surface area contributed by atoms with Crippen molar-refractivity contribution in [1.29, 1.82) is 0 Å². The van der Waals surface area contributed by atoms with Gasteiger partial charge in [0.25, 0.3) is 0 Å². The van der Waals surface area contributed by atoms with Crippen molar-refractivity contribution in [3.8, 4) is 11.4 Å². The molecular weight excluding hydrogens is 376 g/mol. The normalized spacial score (nSPS) is 18.9. The first-order valence-corrected chi connectivity index (χ1v) is 13.2. The molecule has 1 fully saturated rings. The number of aryl methyl sites for hydroxylation is 2. The predicted octanol–water partition coefficient (Wildman–Crippen LogP) is 8.59. The van der Waals surface area contributed by atoms with Crippen LogP contribution in [-0.4, -0.2) is 9.97 Å². The first kappa shape index (κ1) is 24.0. The summed E-state index contributed by atoms with van der Waals surface area (Å²) in [5.41, 5.74) is 3.86. The third-order valence-electron chi connectivity index (χ3n) is 7.37. The molecule has 0 unspecified atom stereocenters. The lowest BCUT2D eigenvalue weighted by Gasteiger charge is -2.27. The Bertz CT molecular complexity index is 711. The minimum Gasteiger partial charge on any atom is -0.236 e. The highest BCUT2D eigenvalue weighted by molar-refractivity contribution is 5.55. The van der Waals surface area contributed by atoms with E-state index in [9.17, 15) is 0 Å². The van der Waals surface area contributed by atoms with Crippen LogP contribution in [0.2, 0.25) is 0 Å². The fourth-order valence-electron chi connectivity index (χ4n) is 5.04. The molecule has 1 aliphatic carbocycles. The minimum atomic E-state index is 0.854. The maximum atomic E-state index is 4.64. The molecule has 2 nitrogen and oxygen atoms in total. The number of hydrogen-bond acceptors (Lipinski definition) is 2.